The number of carbonyl (C=O) groups is 1. The second kappa shape index (κ2) is 5.08. The fourth-order valence-electron chi connectivity index (χ4n) is 2.47. The molecule has 1 aromatic heterocycles. The van der Waals surface area contributed by atoms with Crippen molar-refractivity contribution in [2.75, 3.05) is 0 Å². The summed E-state index contributed by atoms with van der Waals surface area (Å²) in [4.78, 5) is 24.7. The van der Waals surface area contributed by atoms with Crippen LogP contribution in [-0.2, 0) is 4.74 Å². The summed E-state index contributed by atoms with van der Waals surface area (Å²) < 4.78 is 33.7. The summed E-state index contributed by atoms with van der Waals surface area (Å²) in [7, 11) is 0. The molecule has 7 heteroatoms. The van der Waals surface area contributed by atoms with E-state index in [9.17, 15) is 18.4 Å². The predicted octanol–water partition coefficient (Wildman–Crippen LogP) is 3.47. The molecule has 3 rings (SSSR count). The number of rotatable bonds is 2. The van der Waals surface area contributed by atoms with Crippen molar-refractivity contribution in [2.24, 2.45) is 0 Å². The molecule has 0 aliphatic carbocycles. The van der Waals surface area contributed by atoms with E-state index in [0.29, 0.717) is 5.03 Å². The van der Waals surface area contributed by atoms with Crippen LogP contribution in [0.1, 0.15) is 36.5 Å². The normalized spacial score (nSPS) is 16.5. The third-order valence-electron chi connectivity index (χ3n) is 3.40. The van der Waals surface area contributed by atoms with Gasteiger partial charge in [0.15, 0.2) is 11.6 Å². The summed E-state index contributed by atoms with van der Waals surface area (Å²) in [5.74, 6) is -2.88. The molecular formula is C15H13F2NO3S. The lowest BCUT2D eigenvalue weighted by Crippen LogP contribution is -2.30. The molecule has 0 saturated carbocycles. The average molecular weight is 325 g/mol. The first kappa shape index (κ1) is 15.0. The Morgan fingerprint density at radius 2 is 1.95 bits per heavy atom. The number of esters is 1. The standard InChI is InChI=1S/C15H13F2NO3S/c1-6(2)21-15(20)12-13(19)8-4-9(16)10(17)5-11(8)18-7(3)22-14(12)18/h4-7H,1-3H3. The SMILES string of the molecule is CC(C)OC(=O)c1c2n(c3cc(F)c(F)cc3c1=O)C(C)S2. The van der Waals surface area contributed by atoms with Crippen molar-refractivity contribution in [3.05, 3.63) is 39.6 Å². The Hall–Kier alpha value is -1.89. The molecule has 0 fully saturated rings. The summed E-state index contributed by atoms with van der Waals surface area (Å²) in [5, 5.41) is 0.334. The van der Waals surface area contributed by atoms with Crippen molar-refractivity contribution >= 4 is 28.6 Å². The lowest BCUT2D eigenvalue weighted by molar-refractivity contribution is 0.0370. The largest absolute Gasteiger partial charge is 0.459 e. The zero-order chi connectivity index (χ0) is 16.2. The van der Waals surface area contributed by atoms with E-state index in [-0.39, 0.29) is 27.9 Å². The van der Waals surface area contributed by atoms with E-state index in [1.54, 1.807) is 18.4 Å². The van der Waals surface area contributed by atoms with E-state index < -0.39 is 23.0 Å². The molecule has 2 heterocycles. The third-order valence-corrected chi connectivity index (χ3v) is 4.57. The number of hydrogen-bond donors (Lipinski definition) is 0. The van der Waals surface area contributed by atoms with Crippen LogP contribution >= 0.6 is 11.8 Å². The summed E-state index contributed by atoms with van der Waals surface area (Å²) in [6.07, 6.45) is -0.379. The number of hydrogen-bond acceptors (Lipinski definition) is 4. The number of fused-ring (bicyclic) bond motifs is 3. The summed E-state index contributed by atoms with van der Waals surface area (Å²) in [6.45, 7) is 5.20. The molecule has 2 aromatic rings. The van der Waals surface area contributed by atoms with E-state index in [2.05, 4.69) is 0 Å². The lowest BCUT2D eigenvalue weighted by atomic mass is 10.1. The molecule has 0 spiro atoms. The van der Waals surface area contributed by atoms with Crippen molar-refractivity contribution in [3.8, 4) is 0 Å². The minimum Gasteiger partial charge on any atom is -0.459 e. The number of pyridine rings is 1. The molecule has 4 nitrogen and oxygen atoms in total. The Kier molecular flexibility index (Phi) is 3.47. The van der Waals surface area contributed by atoms with Gasteiger partial charge in [-0.15, -0.1) is 0 Å². The first-order valence-corrected chi connectivity index (χ1v) is 7.64. The molecule has 0 amide bonds. The monoisotopic (exact) mass is 325 g/mol. The Bertz CT molecular complexity index is 860. The number of aromatic nitrogens is 1. The first-order chi connectivity index (χ1) is 10.3. The van der Waals surface area contributed by atoms with Gasteiger partial charge in [-0.2, -0.15) is 0 Å². The van der Waals surface area contributed by atoms with Crippen LogP contribution in [0.15, 0.2) is 22.0 Å². The molecule has 0 saturated heterocycles. The highest BCUT2D eigenvalue weighted by Crippen LogP contribution is 2.46. The maximum Gasteiger partial charge on any atom is 0.345 e. The smallest absolute Gasteiger partial charge is 0.345 e. The molecule has 1 atom stereocenters. The van der Waals surface area contributed by atoms with Gasteiger partial charge in [-0.1, -0.05) is 11.8 Å². The fourth-order valence-corrected chi connectivity index (χ4v) is 3.62. The Morgan fingerprint density at radius 1 is 1.32 bits per heavy atom. The number of nitrogens with zero attached hydrogens (tertiary/aromatic N) is 1. The number of thioether (sulfide) groups is 1. The Morgan fingerprint density at radius 3 is 2.55 bits per heavy atom. The molecule has 1 unspecified atom stereocenters. The van der Waals surface area contributed by atoms with E-state index >= 15 is 0 Å². The highest BCUT2D eigenvalue weighted by Gasteiger charge is 2.34. The van der Waals surface area contributed by atoms with Crippen LogP contribution in [0.2, 0.25) is 0 Å². The predicted molar refractivity (Wildman–Crippen MR) is 79.2 cm³/mol. The maximum atomic E-state index is 13.5. The van der Waals surface area contributed by atoms with Crippen LogP contribution in [0.4, 0.5) is 8.78 Å². The summed E-state index contributed by atoms with van der Waals surface area (Å²) in [6, 6.07) is 1.82. The van der Waals surface area contributed by atoms with Gasteiger partial charge in [-0.05, 0) is 26.8 Å². The second-order valence-electron chi connectivity index (χ2n) is 5.33. The minimum absolute atomic E-state index is 0.0227. The van der Waals surface area contributed by atoms with E-state index in [0.717, 1.165) is 12.1 Å². The van der Waals surface area contributed by atoms with Gasteiger partial charge >= 0.3 is 5.97 Å². The summed E-state index contributed by atoms with van der Waals surface area (Å²) >= 11 is 1.32. The fraction of sp³-hybridized carbons (Fsp3) is 0.333. The van der Waals surface area contributed by atoms with Gasteiger partial charge in [0, 0.05) is 11.5 Å². The van der Waals surface area contributed by atoms with Crippen molar-refractivity contribution in [3.63, 3.8) is 0 Å². The molecule has 0 bridgehead atoms. The highest BCUT2D eigenvalue weighted by atomic mass is 32.2. The molecule has 1 aromatic carbocycles. The van der Waals surface area contributed by atoms with E-state index in [4.69, 9.17) is 4.74 Å². The maximum absolute atomic E-state index is 13.5. The number of halogens is 2. The van der Waals surface area contributed by atoms with Gasteiger partial charge in [-0.25, -0.2) is 13.6 Å². The van der Waals surface area contributed by atoms with Crippen LogP contribution in [0.5, 0.6) is 0 Å². The molecule has 22 heavy (non-hydrogen) atoms. The Balaban J connectivity index is 2.34. The minimum atomic E-state index is -1.12. The highest BCUT2D eigenvalue weighted by molar-refractivity contribution is 8.00. The van der Waals surface area contributed by atoms with Gasteiger partial charge < -0.3 is 9.30 Å². The average Bonchev–Trinajstić information content (AvgIpc) is 2.39. The zero-order valence-electron chi connectivity index (χ0n) is 12.1. The van der Waals surface area contributed by atoms with Gasteiger partial charge in [0.1, 0.15) is 5.56 Å². The third kappa shape index (κ3) is 2.11. The zero-order valence-corrected chi connectivity index (χ0v) is 13.0. The second-order valence-corrected chi connectivity index (χ2v) is 6.64. The topological polar surface area (TPSA) is 48.3 Å². The number of carbonyl (C=O) groups excluding carboxylic acids is 1. The van der Waals surface area contributed by atoms with Crippen molar-refractivity contribution in [1.82, 2.24) is 4.57 Å². The van der Waals surface area contributed by atoms with Crippen molar-refractivity contribution < 1.29 is 18.3 Å². The van der Waals surface area contributed by atoms with Crippen molar-refractivity contribution in [2.45, 2.75) is 37.3 Å². The summed E-state index contributed by atoms with van der Waals surface area (Å²) in [5.41, 5.74) is -0.466. The van der Waals surface area contributed by atoms with Gasteiger partial charge in [-0.3, -0.25) is 4.79 Å². The molecular weight excluding hydrogens is 312 g/mol. The van der Waals surface area contributed by atoms with Crippen LogP contribution in [0.25, 0.3) is 10.9 Å². The first-order valence-electron chi connectivity index (χ1n) is 6.76. The van der Waals surface area contributed by atoms with Crippen LogP contribution < -0.4 is 5.43 Å². The molecule has 1 aliphatic rings. The van der Waals surface area contributed by atoms with Gasteiger partial charge in [0.05, 0.1) is 22.0 Å². The lowest BCUT2D eigenvalue weighted by Gasteiger charge is -2.33. The molecule has 116 valence electrons. The Labute approximate surface area is 129 Å². The van der Waals surface area contributed by atoms with Crippen LogP contribution in [0.3, 0.4) is 0 Å². The van der Waals surface area contributed by atoms with Crippen molar-refractivity contribution in [1.29, 1.82) is 0 Å². The quantitative estimate of drug-likeness (QED) is 0.793. The van der Waals surface area contributed by atoms with Crippen LogP contribution in [0, 0.1) is 11.6 Å². The molecule has 1 aliphatic heterocycles. The van der Waals surface area contributed by atoms with E-state index in [1.807, 2.05) is 6.92 Å². The number of benzene rings is 1. The van der Waals surface area contributed by atoms with Gasteiger partial charge in [0.2, 0.25) is 5.43 Å². The molecule has 0 N–H and O–H groups in total. The number of ether oxygens (including phenoxy) is 1. The molecule has 0 radical (unpaired) electrons. The van der Waals surface area contributed by atoms with Gasteiger partial charge in [0.25, 0.3) is 0 Å². The van der Waals surface area contributed by atoms with Crippen LogP contribution in [-0.4, -0.2) is 16.6 Å². The van der Waals surface area contributed by atoms with E-state index in [1.165, 1.54) is 11.8 Å².